The second kappa shape index (κ2) is 4.94. The maximum absolute atomic E-state index is 9.68. The zero-order chi connectivity index (χ0) is 11.4. The van der Waals surface area contributed by atoms with Gasteiger partial charge < -0.3 is 10.8 Å². The van der Waals surface area contributed by atoms with Gasteiger partial charge >= 0.3 is 0 Å². The number of aryl methyl sites for hydroxylation is 1. The lowest BCUT2D eigenvalue weighted by atomic mass is 10.0. The SMILES string of the molecule is NCCCCc1ccc(O)c2ncccc12. The molecule has 84 valence electrons. The number of fused-ring (bicyclic) bond motifs is 1. The van der Waals surface area contributed by atoms with Crippen LogP contribution in [0.25, 0.3) is 10.9 Å². The third kappa shape index (κ3) is 2.14. The topological polar surface area (TPSA) is 59.1 Å². The van der Waals surface area contributed by atoms with Gasteiger partial charge in [-0.1, -0.05) is 12.1 Å². The Morgan fingerprint density at radius 3 is 2.88 bits per heavy atom. The lowest BCUT2D eigenvalue weighted by Gasteiger charge is -2.06. The molecule has 1 heterocycles. The summed E-state index contributed by atoms with van der Waals surface area (Å²) in [5, 5.41) is 10.7. The number of rotatable bonds is 4. The summed E-state index contributed by atoms with van der Waals surface area (Å²) >= 11 is 0. The summed E-state index contributed by atoms with van der Waals surface area (Å²) in [6.45, 7) is 0.730. The zero-order valence-electron chi connectivity index (χ0n) is 9.19. The van der Waals surface area contributed by atoms with Crippen LogP contribution in [0.15, 0.2) is 30.5 Å². The minimum atomic E-state index is 0.248. The lowest BCUT2D eigenvalue weighted by molar-refractivity contribution is 0.480. The zero-order valence-corrected chi connectivity index (χ0v) is 9.19. The Kier molecular flexibility index (Phi) is 3.37. The Labute approximate surface area is 94.9 Å². The van der Waals surface area contributed by atoms with E-state index in [4.69, 9.17) is 5.73 Å². The molecule has 0 aliphatic carbocycles. The summed E-state index contributed by atoms with van der Waals surface area (Å²) in [6.07, 6.45) is 4.79. The molecular formula is C13H16N2O. The number of aromatic hydroxyl groups is 1. The monoisotopic (exact) mass is 216 g/mol. The van der Waals surface area contributed by atoms with E-state index in [0.29, 0.717) is 5.52 Å². The number of hydrogen-bond donors (Lipinski definition) is 2. The summed E-state index contributed by atoms with van der Waals surface area (Å²) in [5.41, 5.74) is 7.40. The van der Waals surface area contributed by atoms with E-state index in [1.807, 2.05) is 18.2 Å². The number of hydrogen-bond acceptors (Lipinski definition) is 3. The molecular weight excluding hydrogens is 200 g/mol. The van der Waals surface area contributed by atoms with Crippen LogP contribution in [0, 0.1) is 0 Å². The predicted octanol–water partition coefficient (Wildman–Crippen LogP) is 2.22. The molecule has 0 unspecified atom stereocenters. The molecule has 1 aromatic heterocycles. The first-order valence-electron chi connectivity index (χ1n) is 5.58. The Bertz CT molecular complexity index is 482. The van der Waals surface area contributed by atoms with Crippen molar-refractivity contribution in [1.29, 1.82) is 0 Å². The van der Waals surface area contributed by atoms with Crippen molar-refractivity contribution in [2.45, 2.75) is 19.3 Å². The van der Waals surface area contributed by atoms with Gasteiger partial charge in [0.15, 0.2) is 0 Å². The molecule has 0 aliphatic heterocycles. The fourth-order valence-corrected chi connectivity index (χ4v) is 1.89. The van der Waals surface area contributed by atoms with E-state index >= 15 is 0 Å². The van der Waals surface area contributed by atoms with Gasteiger partial charge in [0.2, 0.25) is 0 Å². The first kappa shape index (κ1) is 10.9. The van der Waals surface area contributed by atoms with E-state index in [-0.39, 0.29) is 5.75 Å². The quantitative estimate of drug-likeness (QED) is 0.770. The van der Waals surface area contributed by atoms with E-state index in [0.717, 1.165) is 31.2 Å². The number of phenols is 1. The Balaban J connectivity index is 2.35. The molecule has 0 radical (unpaired) electrons. The van der Waals surface area contributed by atoms with Crippen molar-refractivity contribution in [1.82, 2.24) is 4.98 Å². The van der Waals surface area contributed by atoms with E-state index in [9.17, 15) is 5.11 Å². The van der Waals surface area contributed by atoms with Crippen molar-refractivity contribution in [3.8, 4) is 5.75 Å². The Morgan fingerprint density at radius 1 is 1.19 bits per heavy atom. The average Bonchev–Trinajstić information content (AvgIpc) is 2.33. The molecule has 3 N–H and O–H groups in total. The highest BCUT2D eigenvalue weighted by Gasteiger charge is 2.05. The molecule has 3 heteroatoms. The van der Waals surface area contributed by atoms with Crippen LogP contribution in [-0.4, -0.2) is 16.6 Å². The van der Waals surface area contributed by atoms with E-state index in [1.54, 1.807) is 12.3 Å². The maximum Gasteiger partial charge on any atom is 0.141 e. The molecule has 0 saturated carbocycles. The van der Waals surface area contributed by atoms with Crippen molar-refractivity contribution in [2.24, 2.45) is 5.73 Å². The number of nitrogens with two attached hydrogens (primary N) is 1. The fourth-order valence-electron chi connectivity index (χ4n) is 1.89. The summed E-state index contributed by atoms with van der Waals surface area (Å²) in [4.78, 5) is 4.19. The van der Waals surface area contributed by atoms with E-state index < -0.39 is 0 Å². The average molecular weight is 216 g/mol. The third-order valence-electron chi connectivity index (χ3n) is 2.74. The van der Waals surface area contributed by atoms with E-state index in [1.165, 1.54) is 5.56 Å². The molecule has 0 spiro atoms. The summed E-state index contributed by atoms with van der Waals surface area (Å²) < 4.78 is 0. The van der Waals surface area contributed by atoms with Gasteiger partial charge in [0.25, 0.3) is 0 Å². The van der Waals surface area contributed by atoms with Gasteiger partial charge in [-0.15, -0.1) is 0 Å². The molecule has 0 amide bonds. The second-order valence-electron chi connectivity index (χ2n) is 3.89. The van der Waals surface area contributed by atoms with Crippen LogP contribution in [0.1, 0.15) is 18.4 Å². The molecule has 0 atom stereocenters. The van der Waals surface area contributed by atoms with Gasteiger partial charge in [0, 0.05) is 11.6 Å². The van der Waals surface area contributed by atoms with Gasteiger partial charge in [0.1, 0.15) is 11.3 Å². The molecule has 16 heavy (non-hydrogen) atoms. The van der Waals surface area contributed by atoms with Gasteiger partial charge in [-0.3, -0.25) is 4.98 Å². The van der Waals surface area contributed by atoms with Crippen LogP contribution in [0.4, 0.5) is 0 Å². The number of pyridine rings is 1. The normalized spacial score (nSPS) is 10.8. The van der Waals surface area contributed by atoms with Gasteiger partial charge in [0.05, 0.1) is 0 Å². The number of phenolic OH excluding ortho intramolecular Hbond substituents is 1. The predicted molar refractivity (Wildman–Crippen MR) is 65.4 cm³/mol. The Morgan fingerprint density at radius 2 is 2.06 bits per heavy atom. The summed E-state index contributed by atoms with van der Waals surface area (Å²) in [6, 6.07) is 7.58. The van der Waals surface area contributed by atoms with Gasteiger partial charge in [-0.05, 0) is 43.5 Å². The Hall–Kier alpha value is -1.61. The highest BCUT2D eigenvalue weighted by Crippen LogP contribution is 2.26. The molecule has 3 nitrogen and oxygen atoms in total. The maximum atomic E-state index is 9.68. The van der Waals surface area contributed by atoms with Crippen LogP contribution in [0.2, 0.25) is 0 Å². The molecule has 0 fully saturated rings. The third-order valence-corrected chi connectivity index (χ3v) is 2.74. The molecule has 0 bridgehead atoms. The van der Waals surface area contributed by atoms with Gasteiger partial charge in [-0.25, -0.2) is 0 Å². The van der Waals surface area contributed by atoms with Crippen molar-refractivity contribution in [3.05, 3.63) is 36.0 Å². The van der Waals surface area contributed by atoms with Crippen LogP contribution in [0.3, 0.4) is 0 Å². The van der Waals surface area contributed by atoms with E-state index in [2.05, 4.69) is 4.98 Å². The highest BCUT2D eigenvalue weighted by molar-refractivity contribution is 5.87. The second-order valence-corrected chi connectivity index (χ2v) is 3.89. The van der Waals surface area contributed by atoms with Crippen molar-refractivity contribution in [2.75, 3.05) is 6.54 Å². The standard InChI is InChI=1S/C13H16N2O/c14-8-2-1-4-10-6-7-12(16)13-11(10)5-3-9-15-13/h3,5-7,9,16H,1-2,4,8,14H2. The first-order valence-corrected chi connectivity index (χ1v) is 5.58. The minimum Gasteiger partial charge on any atom is -0.506 e. The highest BCUT2D eigenvalue weighted by atomic mass is 16.3. The number of nitrogens with zero attached hydrogens (tertiary/aromatic N) is 1. The molecule has 0 saturated heterocycles. The minimum absolute atomic E-state index is 0.248. The molecule has 2 rings (SSSR count). The first-order chi connectivity index (χ1) is 7.83. The number of unbranched alkanes of at least 4 members (excludes halogenated alkanes) is 1. The van der Waals surface area contributed by atoms with Crippen molar-refractivity contribution in [3.63, 3.8) is 0 Å². The number of aromatic nitrogens is 1. The van der Waals surface area contributed by atoms with Crippen LogP contribution >= 0.6 is 0 Å². The van der Waals surface area contributed by atoms with Crippen LogP contribution in [0.5, 0.6) is 5.75 Å². The molecule has 0 aliphatic rings. The smallest absolute Gasteiger partial charge is 0.141 e. The van der Waals surface area contributed by atoms with Crippen molar-refractivity contribution < 1.29 is 5.11 Å². The van der Waals surface area contributed by atoms with Crippen molar-refractivity contribution >= 4 is 10.9 Å². The van der Waals surface area contributed by atoms with Gasteiger partial charge in [-0.2, -0.15) is 0 Å². The largest absolute Gasteiger partial charge is 0.506 e. The summed E-state index contributed by atoms with van der Waals surface area (Å²) in [5.74, 6) is 0.248. The molecule has 2 aromatic rings. The number of benzene rings is 1. The summed E-state index contributed by atoms with van der Waals surface area (Å²) in [7, 11) is 0. The molecule has 1 aromatic carbocycles. The van der Waals surface area contributed by atoms with Crippen LogP contribution < -0.4 is 5.73 Å². The lowest BCUT2D eigenvalue weighted by Crippen LogP contribution is -1.99. The fraction of sp³-hybridized carbons (Fsp3) is 0.308. The van der Waals surface area contributed by atoms with Crippen LogP contribution in [-0.2, 0) is 6.42 Å².